The lowest BCUT2D eigenvalue weighted by Gasteiger charge is -2.10. The van der Waals surface area contributed by atoms with Crippen LogP contribution in [0.5, 0.6) is 0 Å². The van der Waals surface area contributed by atoms with E-state index in [1.165, 1.54) is 5.56 Å². The van der Waals surface area contributed by atoms with Gasteiger partial charge in [-0.2, -0.15) is 0 Å². The van der Waals surface area contributed by atoms with Crippen molar-refractivity contribution in [3.05, 3.63) is 66.2 Å². The van der Waals surface area contributed by atoms with Crippen LogP contribution in [0.15, 0.2) is 55.1 Å². The Morgan fingerprint density at radius 2 is 1.82 bits per heavy atom. The van der Waals surface area contributed by atoms with E-state index in [4.69, 9.17) is 5.73 Å². The fourth-order valence-corrected chi connectivity index (χ4v) is 1.61. The molecule has 0 bridgehead atoms. The number of aryl methyl sites for hydroxylation is 1. The Morgan fingerprint density at radius 1 is 1.12 bits per heavy atom. The van der Waals surface area contributed by atoms with Gasteiger partial charge in [0.2, 0.25) is 0 Å². The normalized spacial score (nSPS) is 9.94. The summed E-state index contributed by atoms with van der Waals surface area (Å²) in [6.45, 7) is 6.08. The highest BCUT2D eigenvalue weighted by Gasteiger charge is 1.99. The predicted octanol–water partition coefficient (Wildman–Crippen LogP) is 3.66. The summed E-state index contributed by atoms with van der Waals surface area (Å²) >= 11 is 0. The van der Waals surface area contributed by atoms with Crippen LogP contribution in [0.1, 0.15) is 11.1 Å². The maximum Gasteiger partial charge on any atom is 0.0385 e. The number of nitrogens with one attached hydrogen (secondary N) is 1. The second-order valence-electron chi connectivity index (χ2n) is 4.10. The van der Waals surface area contributed by atoms with Crippen molar-refractivity contribution in [1.82, 2.24) is 0 Å². The monoisotopic (exact) mass is 224 g/mol. The van der Waals surface area contributed by atoms with Crippen molar-refractivity contribution >= 4 is 17.1 Å². The summed E-state index contributed by atoms with van der Waals surface area (Å²) in [5, 5.41) is 3.26. The third-order valence-electron chi connectivity index (χ3n) is 2.58. The van der Waals surface area contributed by atoms with E-state index in [1.807, 2.05) is 36.4 Å². The van der Waals surface area contributed by atoms with Gasteiger partial charge >= 0.3 is 0 Å². The average molecular weight is 224 g/mol. The number of nitrogen functional groups attached to an aromatic ring is 1. The standard InChI is InChI=1S/C15H16N2/c1-11-6-8-15(9-7-11)17-12(2)13-4-3-5-14(16)10-13/h3-10,17H,2,16H2,1H3. The number of benzene rings is 2. The number of nitrogens with two attached hydrogens (primary N) is 1. The molecule has 3 N–H and O–H groups in total. The van der Waals surface area contributed by atoms with Gasteiger partial charge in [-0.05, 0) is 36.8 Å². The van der Waals surface area contributed by atoms with Crippen molar-refractivity contribution in [2.24, 2.45) is 0 Å². The molecule has 0 amide bonds. The first-order chi connectivity index (χ1) is 8.15. The molecular formula is C15H16N2. The second kappa shape index (κ2) is 4.74. The molecule has 2 rings (SSSR count). The Labute approximate surface area is 102 Å². The van der Waals surface area contributed by atoms with Crippen molar-refractivity contribution in [3.63, 3.8) is 0 Å². The third-order valence-corrected chi connectivity index (χ3v) is 2.58. The summed E-state index contributed by atoms with van der Waals surface area (Å²) in [7, 11) is 0. The molecule has 0 aliphatic carbocycles. The molecule has 0 spiro atoms. The molecule has 2 aromatic carbocycles. The van der Waals surface area contributed by atoms with Crippen LogP contribution in [-0.2, 0) is 0 Å². The number of hydrogen-bond donors (Lipinski definition) is 2. The fourth-order valence-electron chi connectivity index (χ4n) is 1.61. The Morgan fingerprint density at radius 3 is 2.47 bits per heavy atom. The van der Waals surface area contributed by atoms with E-state index >= 15 is 0 Å². The van der Waals surface area contributed by atoms with E-state index in [0.717, 1.165) is 22.6 Å². The first-order valence-corrected chi connectivity index (χ1v) is 5.53. The zero-order valence-corrected chi connectivity index (χ0v) is 9.90. The summed E-state index contributed by atoms with van der Waals surface area (Å²) in [5.41, 5.74) is 10.6. The second-order valence-corrected chi connectivity index (χ2v) is 4.10. The minimum Gasteiger partial charge on any atom is -0.399 e. The van der Waals surface area contributed by atoms with E-state index in [2.05, 4.69) is 31.0 Å². The van der Waals surface area contributed by atoms with E-state index in [-0.39, 0.29) is 0 Å². The lowest BCUT2D eigenvalue weighted by Crippen LogP contribution is -1.98. The molecular weight excluding hydrogens is 208 g/mol. The molecule has 0 fully saturated rings. The molecule has 86 valence electrons. The Hall–Kier alpha value is -2.22. The fraction of sp³-hybridized carbons (Fsp3) is 0.0667. The topological polar surface area (TPSA) is 38.0 Å². The highest BCUT2D eigenvalue weighted by molar-refractivity contribution is 5.76. The molecule has 17 heavy (non-hydrogen) atoms. The molecule has 0 saturated carbocycles. The van der Waals surface area contributed by atoms with Crippen molar-refractivity contribution in [2.45, 2.75) is 6.92 Å². The summed E-state index contributed by atoms with van der Waals surface area (Å²) in [5.74, 6) is 0. The number of anilines is 2. The van der Waals surface area contributed by atoms with Gasteiger partial charge in [0.15, 0.2) is 0 Å². The molecule has 0 aliphatic rings. The molecule has 0 saturated heterocycles. The SMILES string of the molecule is C=C(Nc1ccc(C)cc1)c1cccc(N)c1. The highest BCUT2D eigenvalue weighted by Crippen LogP contribution is 2.19. The third kappa shape index (κ3) is 2.88. The van der Waals surface area contributed by atoms with Crippen LogP contribution in [0.2, 0.25) is 0 Å². The minimum atomic E-state index is 0.745. The van der Waals surface area contributed by atoms with Gasteiger partial charge in [0.1, 0.15) is 0 Å². The molecule has 0 heterocycles. The van der Waals surface area contributed by atoms with E-state index < -0.39 is 0 Å². The summed E-state index contributed by atoms with van der Waals surface area (Å²) < 4.78 is 0. The zero-order chi connectivity index (χ0) is 12.3. The molecule has 0 aromatic heterocycles. The van der Waals surface area contributed by atoms with Gasteiger partial charge in [-0.1, -0.05) is 36.4 Å². The lowest BCUT2D eigenvalue weighted by atomic mass is 10.1. The highest BCUT2D eigenvalue weighted by atomic mass is 14.9. The number of hydrogen-bond acceptors (Lipinski definition) is 2. The van der Waals surface area contributed by atoms with Gasteiger partial charge in [-0.3, -0.25) is 0 Å². The first kappa shape index (κ1) is 11.3. The maximum atomic E-state index is 5.74. The quantitative estimate of drug-likeness (QED) is 0.781. The first-order valence-electron chi connectivity index (χ1n) is 5.53. The smallest absolute Gasteiger partial charge is 0.0385 e. The van der Waals surface area contributed by atoms with Gasteiger partial charge < -0.3 is 11.1 Å². The van der Waals surface area contributed by atoms with Gasteiger partial charge in [0.25, 0.3) is 0 Å². The van der Waals surface area contributed by atoms with E-state index in [9.17, 15) is 0 Å². The van der Waals surface area contributed by atoms with Gasteiger partial charge in [-0.25, -0.2) is 0 Å². The zero-order valence-electron chi connectivity index (χ0n) is 9.90. The van der Waals surface area contributed by atoms with Crippen LogP contribution in [0.25, 0.3) is 5.70 Å². The van der Waals surface area contributed by atoms with Gasteiger partial charge in [-0.15, -0.1) is 0 Å². The Kier molecular flexibility index (Phi) is 3.15. The summed E-state index contributed by atoms with van der Waals surface area (Å²) in [6.07, 6.45) is 0. The molecule has 0 radical (unpaired) electrons. The minimum absolute atomic E-state index is 0.745. The van der Waals surface area contributed by atoms with Crippen molar-refractivity contribution in [1.29, 1.82) is 0 Å². The predicted molar refractivity (Wildman–Crippen MR) is 74.7 cm³/mol. The Bertz CT molecular complexity index is 527. The van der Waals surface area contributed by atoms with Crippen LogP contribution in [0.4, 0.5) is 11.4 Å². The van der Waals surface area contributed by atoms with Crippen molar-refractivity contribution in [3.8, 4) is 0 Å². The van der Waals surface area contributed by atoms with Crippen LogP contribution >= 0.6 is 0 Å². The number of rotatable bonds is 3. The van der Waals surface area contributed by atoms with Crippen LogP contribution in [0, 0.1) is 6.92 Å². The van der Waals surface area contributed by atoms with Crippen LogP contribution in [-0.4, -0.2) is 0 Å². The van der Waals surface area contributed by atoms with E-state index in [0.29, 0.717) is 0 Å². The maximum absolute atomic E-state index is 5.74. The van der Waals surface area contributed by atoms with Gasteiger partial charge in [0.05, 0.1) is 0 Å². The van der Waals surface area contributed by atoms with Gasteiger partial charge in [0, 0.05) is 17.1 Å². The summed E-state index contributed by atoms with van der Waals surface area (Å²) in [4.78, 5) is 0. The molecule has 2 nitrogen and oxygen atoms in total. The molecule has 2 aromatic rings. The van der Waals surface area contributed by atoms with E-state index in [1.54, 1.807) is 0 Å². The Balaban J connectivity index is 2.14. The van der Waals surface area contributed by atoms with Crippen molar-refractivity contribution in [2.75, 3.05) is 11.1 Å². The van der Waals surface area contributed by atoms with Crippen LogP contribution in [0.3, 0.4) is 0 Å². The molecule has 0 unspecified atom stereocenters. The largest absolute Gasteiger partial charge is 0.399 e. The molecule has 0 atom stereocenters. The van der Waals surface area contributed by atoms with Crippen molar-refractivity contribution < 1.29 is 0 Å². The average Bonchev–Trinajstić information content (AvgIpc) is 2.32. The summed E-state index contributed by atoms with van der Waals surface area (Å²) in [6, 6.07) is 15.9. The molecule has 0 aliphatic heterocycles. The molecule has 2 heteroatoms. The lowest BCUT2D eigenvalue weighted by molar-refractivity contribution is 1.46. The van der Waals surface area contributed by atoms with Crippen LogP contribution < -0.4 is 11.1 Å².